The second-order valence-electron chi connectivity index (χ2n) is 8.01. The number of aryl methyl sites for hydroxylation is 3. The summed E-state index contributed by atoms with van der Waals surface area (Å²) < 4.78 is 0. The fraction of sp³-hybridized carbons (Fsp3) is 0.435. The normalized spacial score (nSPS) is 18.1. The van der Waals surface area contributed by atoms with Crippen molar-refractivity contribution in [2.24, 2.45) is 0 Å². The molecule has 0 radical (unpaired) electrons. The van der Waals surface area contributed by atoms with Crippen molar-refractivity contribution in [3.63, 3.8) is 0 Å². The Labute approximate surface area is 186 Å². The molecule has 7 heteroatoms. The molecule has 1 aliphatic heterocycles. The molecule has 2 atom stereocenters. The largest absolute Gasteiger partial charge is 0.351 e. The number of nitrogens with zero attached hydrogens (tertiary/aromatic N) is 3. The zero-order valence-corrected chi connectivity index (χ0v) is 19.6. The van der Waals surface area contributed by atoms with E-state index in [1.807, 2.05) is 19.9 Å². The summed E-state index contributed by atoms with van der Waals surface area (Å²) in [5.41, 5.74) is 2.54. The minimum atomic E-state index is -0.203. The number of thiophene rings is 1. The molecule has 1 aromatic carbocycles. The lowest BCUT2D eigenvalue weighted by Gasteiger charge is -2.18. The van der Waals surface area contributed by atoms with Crippen molar-refractivity contribution in [1.82, 2.24) is 20.2 Å². The first-order chi connectivity index (χ1) is 14.4. The lowest BCUT2D eigenvalue weighted by atomic mass is 10.2. The molecular formula is C23H28N4OS2. The molecule has 2 unspecified atom stereocenters. The quantitative estimate of drug-likeness (QED) is 0.452. The van der Waals surface area contributed by atoms with E-state index in [4.69, 9.17) is 0 Å². The van der Waals surface area contributed by atoms with Gasteiger partial charge in [0.05, 0.1) is 5.25 Å². The van der Waals surface area contributed by atoms with Gasteiger partial charge in [-0.25, -0.2) is 9.97 Å². The summed E-state index contributed by atoms with van der Waals surface area (Å²) in [6.45, 7) is 11.0. The highest BCUT2D eigenvalue weighted by Crippen LogP contribution is 2.36. The minimum absolute atomic E-state index is 0.0839. The minimum Gasteiger partial charge on any atom is -0.351 e. The average molecular weight is 441 g/mol. The molecule has 1 N–H and O–H groups in total. The summed E-state index contributed by atoms with van der Waals surface area (Å²) >= 11 is 3.24. The topological polar surface area (TPSA) is 58.1 Å². The summed E-state index contributed by atoms with van der Waals surface area (Å²) in [5.74, 6) is 0.840. The SMILES string of the molecule is Cc1nc(SC(C)C(=O)NC2CCN(Cc3ccccc3)C2)c2c(C)c(C)sc2n1. The van der Waals surface area contributed by atoms with Gasteiger partial charge in [-0.05, 0) is 45.2 Å². The van der Waals surface area contributed by atoms with Gasteiger partial charge in [0, 0.05) is 35.9 Å². The van der Waals surface area contributed by atoms with E-state index in [9.17, 15) is 4.79 Å². The highest BCUT2D eigenvalue weighted by atomic mass is 32.2. The number of nitrogens with one attached hydrogen (secondary N) is 1. The van der Waals surface area contributed by atoms with Gasteiger partial charge >= 0.3 is 0 Å². The maximum absolute atomic E-state index is 12.9. The summed E-state index contributed by atoms with van der Waals surface area (Å²) in [6, 6.07) is 10.7. The molecule has 0 bridgehead atoms. The van der Waals surface area contributed by atoms with Crippen LogP contribution in [0.25, 0.3) is 10.2 Å². The Bertz CT molecular complexity index is 1050. The molecule has 1 fully saturated rings. The number of likely N-dealkylation sites (tertiary alicyclic amines) is 1. The van der Waals surface area contributed by atoms with E-state index in [-0.39, 0.29) is 17.2 Å². The molecule has 1 saturated heterocycles. The second-order valence-corrected chi connectivity index (χ2v) is 10.5. The van der Waals surface area contributed by atoms with E-state index in [0.717, 1.165) is 47.1 Å². The maximum Gasteiger partial charge on any atom is 0.233 e. The molecule has 0 saturated carbocycles. The zero-order valence-electron chi connectivity index (χ0n) is 17.9. The molecule has 3 heterocycles. The van der Waals surface area contributed by atoms with Gasteiger partial charge in [-0.2, -0.15) is 0 Å². The molecule has 1 amide bonds. The average Bonchev–Trinajstić information content (AvgIpc) is 3.26. The maximum atomic E-state index is 12.9. The van der Waals surface area contributed by atoms with Crippen molar-refractivity contribution >= 4 is 39.2 Å². The predicted octanol–water partition coefficient (Wildman–Crippen LogP) is 4.49. The third kappa shape index (κ3) is 4.68. The summed E-state index contributed by atoms with van der Waals surface area (Å²) in [5, 5.41) is 5.07. The van der Waals surface area contributed by atoms with E-state index in [1.54, 1.807) is 11.3 Å². The third-order valence-electron chi connectivity index (χ3n) is 5.63. The van der Waals surface area contributed by atoms with Crippen molar-refractivity contribution in [2.45, 2.75) is 57.0 Å². The number of hydrogen-bond donors (Lipinski definition) is 1. The van der Waals surface area contributed by atoms with Crippen LogP contribution in [0.15, 0.2) is 35.4 Å². The number of carbonyl (C=O) groups excluding carboxylic acids is 1. The molecule has 0 spiro atoms. The first-order valence-corrected chi connectivity index (χ1v) is 12.1. The van der Waals surface area contributed by atoms with Crippen LogP contribution in [0.4, 0.5) is 0 Å². The molecule has 2 aromatic heterocycles. The Hall–Kier alpha value is -1.96. The van der Waals surface area contributed by atoms with Crippen LogP contribution in [-0.4, -0.2) is 45.2 Å². The standard InChI is InChI=1S/C23H28N4OS2/c1-14-15(2)29-22-20(14)23(25-17(4)24-22)30-16(3)21(28)26-19-10-11-27(13-19)12-18-8-6-5-7-9-18/h5-9,16,19H,10-13H2,1-4H3,(H,26,28). The van der Waals surface area contributed by atoms with E-state index in [1.165, 1.54) is 27.8 Å². The second kappa shape index (κ2) is 9.04. The fourth-order valence-corrected chi connectivity index (χ4v) is 6.08. The molecule has 5 nitrogen and oxygen atoms in total. The zero-order chi connectivity index (χ0) is 21.3. The highest BCUT2D eigenvalue weighted by molar-refractivity contribution is 8.00. The van der Waals surface area contributed by atoms with Crippen LogP contribution in [0.2, 0.25) is 0 Å². The lowest BCUT2D eigenvalue weighted by molar-refractivity contribution is -0.120. The highest BCUT2D eigenvalue weighted by Gasteiger charge is 2.27. The van der Waals surface area contributed by atoms with Gasteiger partial charge in [0.15, 0.2) is 0 Å². The van der Waals surface area contributed by atoms with Gasteiger partial charge < -0.3 is 5.32 Å². The molecule has 1 aliphatic rings. The van der Waals surface area contributed by atoms with Gasteiger partial charge in [0.2, 0.25) is 5.91 Å². The van der Waals surface area contributed by atoms with E-state index in [2.05, 4.69) is 58.3 Å². The van der Waals surface area contributed by atoms with Crippen LogP contribution >= 0.6 is 23.1 Å². The number of thioether (sulfide) groups is 1. The van der Waals surface area contributed by atoms with Gasteiger partial charge in [-0.15, -0.1) is 11.3 Å². The van der Waals surface area contributed by atoms with Gasteiger partial charge in [0.1, 0.15) is 15.7 Å². The summed E-state index contributed by atoms with van der Waals surface area (Å²) in [7, 11) is 0. The summed E-state index contributed by atoms with van der Waals surface area (Å²) in [6.07, 6.45) is 0.996. The Morgan fingerprint density at radius 2 is 2.03 bits per heavy atom. The van der Waals surface area contributed by atoms with Crippen LogP contribution < -0.4 is 5.32 Å². The number of carbonyl (C=O) groups is 1. The smallest absolute Gasteiger partial charge is 0.233 e. The van der Waals surface area contributed by atoms with Crippen molar-refractivity contribution in [1.29, 1.82) is 0 Å². The number of hydrogen-bond acceptors (Lipinski definition) is 6. The monoisotopic (exact) mass is 440 g/mol. The van der Waals surface area contributed by atoms with E-state index in [0.29, 0.717) is 0 Å². The first kappa shape index (κ1) is 21.3. The number of fused-ring (bicyclic) bond motifs is 1. The Kier molecular flexibility index (Phi) is 6.41. The van der Waals surface area contributed by atoms with Gasteiger partial charge in [-0.1, -0.05) is 42.1 Å². The van der Waals surface area contributed by atoms with Crippen molar-refractivity contribution in [2.75, 3.05) is 13.1 Å². The number of rotatable bonds is 6. The predicted molar refractivity (Wildman–Crippen MR) is 125 cm³/mol. The van der Waals surface area contributed by atoms with Gasteiger partial charge in [-0.3, -0.25) is 9.69 Å². The number of aromatic nitrogens is 2. The van der Waals surface area contributed by atoms with E-state index < -0.39 is 0 Å². The Morgan fingerprint density at radius 1 is 1.27 bits per heavy atom. The molecule has 4 rings (SSSR count). The third-order valence-corrected chi connectivity index (χ3v) is 7.82. The summed E-state index contributed by atoms with van der Waals surface area (Å²) in [4.78, 5) is 26.8. The molecule has 0 aliphatic carbocycles. The van der Waals surface area contributed by atoms with Crippen molar-refractivity contribution in [3.8, 4) is 0 Å². The van der Waals surface area contributed by atoms with Gasteiger partial charge in [0.25, 0.3) is 0 Å². The number of amides is 1. The van der Waals surface area contributed by atoms with E-state index >= 15 is 0 Å². The molecular weight excluding hydrogens is 412 g/mol. The van der Waals surface area contributed by atoms with Crippen molar-refractivity contribution < 1.29 is 4.79 Å². The van der Waals surface area contributed by atoms with Crippen LogP contribution in [0.3, 0.4) is 0 Å². The molecule has 158 valence electrons. The Balaban J connectivity index is 1.37. The van der Waals surface area contributed by atoms with Crippen molar-refractivity contribution in [3.05, 3.63) is 52.2 Å². The Morgan fingerprint density at radius 3 is 2.80 bits per heavy atom. The molecule has 3 aromatic rings. The van der Waals surface area contributed by atoms with Crippen LogP contribution in [0.1, 0.15) is 35.2 Å². The molecule has 30 heavy (non-hydrogen) atoms. The van der Waals surface area contributed by atoms with Crippen LogP contribution in [0.5, 0.6) is 0 Å². The van der Waals surface area contributed by atoms with Crippen LogP contribution in [0, 0.1) is 20.8 Å². The fourth-order valence-electron chi connectivity index (χ4n) is 3.87. The first-order valence-electron chi connectivity index (χ1n) is 10.4. The number of benzene rings is 1. The van der Waals surface area contributed by atoms with Crippen LogP contribution in [-0.2, 0) is 11.3 Å². The lowest BCUT2D eigenvalue weighted by Crippen LogP contribution is -2.40.